The zero-order valence-electron chi connectivity index (χ0n) is 11.2. The Hall–Kier alpha value is -2.06. The molecule has 0 aliphatic carbocycles. The van der Waals surface area contributed by atoms with Gasteiger partial charge in [0.2, 0.25) is 0 Å². The molecule has 20 heavy (non-hydrogen) atoms. The van der Waals surface area contributed by atoms with Gasteiger partial charge in [0.05, 0.1) is 12.6 Å². The predicted octanol–water partition coefficient (Wildman–Crippen LogP) is 4.96. The van der Waals surface area contributed by atoms with Crippen molar-refractivity contribution in [2.45, 2.75) is 26.9 Å². The molecule has 0 amide bonds. The van der Waals surface area contributed by atoms with Crippen LogP contribution in [0.2, 0.25) is 0 Å². The first-order valence-corrected chi connectivity index (χ1v) is 6.44. The SMILES string of the molecule is C.C=CON(Cc1ccccc1)[C@@H](C)c1ccccc1. The lowest BCUT2D eigenvalue weighted by Crippen LogP contribution is -2.25. The summed E-state index contributed by atoms with van der Waals surface area (Å²) in [5.41, 5.74) is 2.44. The minimum atomic E-state index is 0. The first-order valence-electron chi connectivity index (χ1n) is 6.44. The molecule has 0 aromatic heterocycles. The lowest BCUT2D eigenvalue weighted by atomic mass is 10.1. The molecular formula is C18H23NO. The average molecular weight is 269 g/mol. The third-order valence-corrected chi connectivity index (χ3v) is 3.11. The van der Waals surface area contributed by atoms with Crippen molar-refractivity contribution in [2.24, 2.45) is 0 Å². The molecule has 0 saturated heterocycles. The van der Waals surface area contributed by atoms with Crippen molar-refractivity contribution < 1.29 is 4.84 Å². The lowest BCUT2D eigenvalue weighted by molar-refractivity contribution is -0.141. The van der Waals surface area contributed by atoms with Crippen LogP contribution < -0.4 is 0 Å². The number of benzene rings is 2. The fourth-order valence-corrected chi connectivity index (χ4v) is 2.02. The smallest absolute Gasteiger partial charge is 0.104 e. The van der Waals surface area contributed by atoms with Gasteiger partial charge in [0.25, 0.3) is 0 Å². The van der Waals surface area contributed by atoms with Crippen molar-refractivity contribution in [2.75, 3.05) is 0 Å². The van der Waals surface area contributed by atoms with E-state index < -0.39 is 0 Å². The van der Waals surface area contributed by atoms with Crippen molar-refractivity contribution in [3.63, 3.8) is 0 Å². The molecule has 2 aromatic carbocycles. The van der Waals surface area contributed by atoms with Crippen LogP contribution in [0.15, 0.2) is 73.5 Å². The molecule has 0 aliphatic heterocycles. The summed E-state index contributed by atoms with van der Waals surface area (Å²) in [6.45, 7) is 6.51. The number of hydrogen-bond acceptors (Lipinski definition) is 2. The van der Waals surface area contributed by atoms with E-state index in [1.807, 2.05) is 41.5 Å². The Labute approximate surface area is 122 Å². The van der Waals surface area contributed by atoms with Gasteiger partial charge in [-0.25, -0.2) is 0 Å². The fraction of sp³-hybridized carbons (Fsp3) is 0.222. The van der Waals surface area contributed by atoms with E-state index in [-0.39, 0.29) is 13.5 Å². The van der Waals surface area contributed by atoms with Crippen LogP contribution in [0.1, 0.15) is 31.5 Å². The molecule has 0 spiro atoms. The normalized spacial score (nSPS) is 11.5. The molecule has 0 radical (unpaired) electrons. The third-order valence-electron chi connectivity index (χ3n) is 3.11. The minimum Gasteiger partial charge on any atom is -0.414 e. The molecule has 2 rings (SSSR count). The largest absolute Gasteiger partial charge is 0.414 e. The highest BCUT2D eigenvalue weighted by atomic mass is 16.7. The first kappa shape index (κ1) is 16.0. The summed E-state index contributed by atoms with van der Waals surface area (Å²) in [4.78, 5) is 5.56. The molecule has 0 fully saturated rings. The van der Waals surface area contributed by atoms with Crippen LogP contribution in [0.3, 0.4) is 0 Å². The highest BCUT2D eigenvalue weighted by molar-refractivity contribution is 5.19. The van der Waals surface area contributed by atoms with E-state index in [4.69, 9.17) is 4.84 Å². The van der Waals surface area contributed by atoms with Gasteiger partial charge < -0.3 is 4.84 Å². The summed E-state index contributed by atoms with van der Waals surface area (Å²) in [6.07, 6.45) is 1.47. The minimum absolute atomic E-state index is 0. The van der Waals surface area contributed by atoms with Crippen LogP contribution in [0.25, 0.3) is 0 Å². The summed E-state index contributed by atoms with van der Waals surface area (Å²) in [5, 5.41) is 1.93. The molecule has 0 saturated carbocycles. The molecule has 2 heteroatoms. The van der Waals surface area contributed by atoms with Crippen LogP contribution in [0, 0.1) is 0 Å². The van der Waals surface area contributed by atoms with Crippen LogP contribution in [0.4, 0.5) is 0 Å². The Bertz CT molecular complexity index is 495. The predicted molar refractivity (Wildman–Crippen MR) is 84.9 cm³/mol. The maximum atomic E-state index is 5.56. The molecule has 1 atom stereocenters. The van der Waals surface area contributed by atoms with Gasteiger partial charge in [0.15, 0.2) is 0 Å². The van der Waals surface area contributed by atoms with E-state index in [2.05, 4.69) is 37.8 Å². The van der Waals surface area contributed by atoms with E-state index in [9.17, 15) is 0 Å². The van der Waals surface area contributed by atoms with Gasteiger partial charge in [0, 0.05) is 0 Å². The number of nitrogens with zero attached hydrogens (tertiary/aromatic N) is 1. The van der Waals surface area contributed by atoms with Crippen molar-refractivity contribution >= 4 is 0 Å². The van der Waals surface area contributed by atoms with E-state index in [0.29, 0.717) is 0 Å². The van der Waals surface area contributed by atoms with Gasteiger partial charge >= 0.3 is 0 Å². The third kappa shape index (κ3) is 4.25. The van der Waals surface area contributed by atoms with Crippen LogP contribution in [-0.4, -0.2) is 5.06 Å². The van der Waals surface area contributed by atoms with E-state index in [1.165, 1.54) is 17.4 Å². The summed E-state index contributed by atoms with van der Waals surface area (Å²) in [7, 11) is 0. The Morgan fingerprint density at radius 1 is 1.05 bits per heavy atom. The van der Waals surface area contributed by atoms with E-state index in [0.717, 1.165) is 6.54 Å². The Morgan fingerprint density at radius 2 is 1.60 bits per heavy atom. The zero-order chi connectivity index (χ0) is 13.5. The Kier molecular flexibility index (Phi) is 6.54. The number of hydroxylamine groups is 2. The average Bonchev–Trinajstić information content (AvgIpc) is 2.48. The quantitative estimate of drug-likeness (QED) is 0.543. The fourth-order valence-electron chi connectivity index (χ4n) is 2.02. The van der Waals surface area contributed by atoms with Gasteiger partial charge in [-0.2, -0.15) is 0 Å². The zero-order valence-corrected chi connectivity index (χ0v) is 11.2. The topological polar surface area (TPSA) is 12.5 Å². The Balaban J connectivity index is 0.00000200. The highest BCUT2D eigenvalue weighted by Gasteiger charge is 2.16. The second-order valence-corrected chi connectivity index (χ2v) is 4.42. The van der Waals surface area contributed by atoms with Gasteiger partial charge in [-0.1, -0.05) is 74.7 Å². The molecule has 0 heterocycles. The Morgan fingerprint density at radius 3 is 2.15 bits per heavy atom. The molecule has 2 nitrogen and oxygen atoms in total. The number of rotatable bonds is 6. The van der Waals surface area contributed by atoms with Crippen LogP contribution in [-0.2, 0) is 11.4 Å². The van der Waals surface area contributed by atoms with E-state index >= 15 is 0 Å². The molecule has 0 unspecified atom stereocenters. The first-order chi connectivity index (χ1) is 9.31. The summed E-state index contributed by atoms with van der Waals surface area (Å²) < 4.78 is 0. The van der Waals surface area contributed by atoms with E-state index in [1.54, 1.807) is 0 Å². The summed E-state index contributed by atoms with van der Waals surface area (Å²) in [5.74, 6) is 0. The van der Waals surface area contributed by atoms with Gasteiger partial charge in [-0.15, -0.1) is 5.06 Å². The highest BCUT2D eigenvalue weighted by Crippen LogP contribution is 2.22. The standard InChI is InChI=1S/C17H19NO.CH4/c1-3-19-18(14-16-10-6-4-7-11-16)15(2)17-12-8-5-9-13-17;/h3-13,15H,1,14H2,2H3;1H4/t15-;/m0./s1. The molecule has 0 N–H and O–H groups in total. The van der Waals surface area contributed by atoms with Crippen molar-refractivity contribution in [1.82, 2.24) is 5.06 Å². The molecule has 0 aliphatic rings. The summed E-state index contributed by atoms with van der Waals surface area (Å²) in [6, 6.07) is 20.8. The lowest BCUT2D eigenvalue weighted by Gasteiger charge is -2.27. The monoisotopic (exact) mass is 269 g/mol. The maximum absolute atomic E-state index is 5.56. The number of hydrogen-bond donors (Lipinski definition) is 0. The maximum Gasteiger partial charge on any atom is 0.104 e. The molecule has 2 aromatic rings. The van der Waals surface area contributed by atoms with Gasteiger partial charge in [0.1, 0.15) is 6.26 Å². The van der Waals surface area contributed by atoms with Crippen molar-refractivity contribution in [3.8, 4) is 0 Å². The molecular weight excluding hydrogens is 246 g/mol. The van der Waals surface area contributed by atoms with Crippen molar-refractivity contribution in [3.05, 3.63) is 84.6 Å². The van der Waals surface area contributed by atoms with Gasteiger partial charge in [-0.05, 0) is 18.1 Å². The summed E-state index contributed by atoms with van der Waals surface area (Å²) >= 11 is 0. The van der Waals surface area contributed by atoms with Crippen molar-refractivity contribution in [1.29, 1.82) is 0 Å². The second-order valence-electron chi connectivity index (χ2n) is 4.42. The van der Waals surface area contributed by atoms with Crippen LogP contribution >= 0.6 is 0 Å². The van der Waals surface area contributed by atoms with Gasteiger partial charge in [-0.3, -0.25) is 0 Å². The second kappa shape index (κ2) is 8.18. The molecule has 106 valence electrons. The van der Waals surface area contributed by atoms with Crippen LogP contribution in [0.5, 0.6) is 0 Å². The molecule has 0 bridgehead atoms.